The van der Waals surface area contributed by atoms with Crippen LogP contribution in [0.2, 0.25) is 0 Å². The number of carbonyl (C=O) groups is 2. The molecule has 0 aromatic heterocycles. The molecule has 20 heavy (non-hydrogen) atoms. The third-order valence-corrected chi connectivity index (χ3v) is 3.03. The minimum atomic E-state index is -1.65. The van der Waals surface area contributed by atoms with Gasteiger partial charge in [-0.2, -0.15) is 0 Å². The molecule has 1 aromatic carbocycles. The molecule has 0 aliphatic carbocycles. The Labute approximate surface area is 120 Å². The van der Waals surface area contributed by atoms with Crippen molar-refractivity contribution in [3.05, 3.63) is 29.8 Å². The number of benzene rings is 1. The fourth-order valence-corrected chi connectivity index (χ4v) is 1.80. The number of rotatable bonds is 5. The molecular formula is C12H15FN2O4S. The molecule has 0 bridgehead atoms. The first kappa shape index (κ1) is 16.1. The molecule has 0 atom stereocenters. The number of hydrogen-bond acceptors (Lipinski definition) is 5. The zero-order valence-corrected chi connectivity index (χ0v) is 12.1. The molecule has 0 heterocycles. The van der Waals surface area contributed by atoms with Crippen molar-refractivity contribution in [3.8, 4) is 5.75 Å². The van der Waals surface area contributed by atoms with Gasteiger partial charge < -0.3 is 9.47 Å². The number of ether oxygens (including phenoxy) is 2. The summed E-state index contributed by atoms with van der Waals surface area (Å²) in [6, 6.07) is 7.06. The van der Waals surface area contributed by atoms with Crippen molar-refractivity contribution < 1.29 is 23.5 Å². The van der Waals surface area contributed by atoms with Gasteiger partial charge in [0.2, 0.25) is 0 Å². The van der Waals surface area contributed by atoms with Gasteiger partial charge in [-0.05, 0) is 17.7 Å². The highest BCUT2D eigenvalue weighted by molar-refractivity contribution is 7.95. The second-order valence-electron chi connectivity index (χ2n) is 3.74. The van der Waals surface area contributed by atoms with Crippen molar-refractivity contribution in [3.63, 3.8) is 0 Å². The van der Waals surface area contributed by atoms with E-state index in [1.165, 1.54) is 14.1 Å². The summed E-state index contributed by atoms with van der Waals surface area (Å²) in [6.07, 6.45) is -2.34. The zero-order valence-electron chi connectivity index (χ0n) is 11.3. The van der Waals surface area contributed by atoms with E-state index in [1.54, 1.807) is 31.4 Å². The van der Waals surface area contributed by atoms with Gasteiger partial charge in [0.05, 0.1) is 19.2 Å². The summed E-state index contributed by atoms with van der Waals surface area (Å²) in [5, 5.41) is 0. The lowest BCUT2D eigenvalue weighted by atomic mass is 10.2. The lowest BCUT2D eigenvalue weighted by molar-refractivity contribution is 0.125. The van der Waals surface area contributed by atoms with E-state index >= 15 is 0 Å². The Morgan fingerprint density at radius 1 is 1.30 bits per heavy atom. The van der Waals surface area contributed by atoms with Crippen molar-refractivity contribution in [2.75, 3.05) is 21.2 Å². The molecule has 6 nitrogen and oxygen atoms in total. The van der Waals surface area contributed by atoms with Gasteiger partial charge in [0.25, 0.3) is 0 Å². The molecule has 0 N–H and O–H groups in total. The van der Waals surface area contributed by atoms with Gasteiger partial charge in [0.15, 0.2) is 0 Å². The fourth-order valence-electron chi connectivity index (χ4n) is 1.25. The van der Waals surface area contributed by atoms with Crippen LogP contribution < -0.4 is 4.74 Å². The van der Waals surface area contributed by atoms with Crippen molar-refractivity contribution in [1.82, 2.24) is 8.61 Å². The molecule has 8 heteroatoms. The SMILES string of the molecule is COc1cccc(COC(=O)N(C)SN(C)C(=O)F)c1. The highest BCUT2D eigenvalue weighted by atomic mass is 32.2. The van der Waals surface area contributed by atoms with Crippen molar-refractivity contribution >= 4 is 24.4 Å². The van der Waals surface area contributed by atoms with Crippen molar-refractivity contribution in [2.24, 2.45) is 0 Å². The minimum Gasteiger partial charge on any atom is -0.497 e. The lowest BCUT2D eigenvalue weighted by Gasteiger charge is -2.19. The molecule has 0 spiro atoms. The Morgan fingerprint density at radius 2 is 2.00 bits per heavy atom. The van der Waals surface area contributed by atoms with E-state index in [9.17, 15) is 14.0 Å². The number of nitrogens with zero attached hydrogens (tertiary/aromatic N) is 2. The number of halogens is 1. The van der Waals surface area contributed by atoms with Crippen LogP contribution in [0.15, 0.2) is 24.3 Å². The van der Waals surface area contributed by atoms with Gasteiger partial charge >= 0.3 is 12.3 Å². The van der Waals surface area contributed by atoms with Crippen LogP contribution in [0, 0.1) is 0 Å². The maximum Gasteiger partial charge on any atom is 0.421 e. The van der Waals surface area contributed by atoms with E-state index in [2.05, 4.69) is 0 Å². The topological polar surface area (TPSA) is 59.1 Å². The minimum absolute atomic E-state index is 0.0498. The molecule has 0 radical (unpaired) electrons. The van der Waals surface area contributed by atoms with Gasteiger partial charge in [0.1, 0.15) is 12.4 Å². The molecule has 0 aliphatic rings. The standard InChI is InChI=1S/C12H15FN2O4S/c1-14(11(13)16)20-15(2)12(17)19-8-9-5-4-6-10(7-9)18-3/h4-7H,8H2,1-3H3. The molecule has 110 valence electrons. The fraction of sp³-hybridized carbons (Fsp3) is 0.333. The highest BCUT2D eigenvalue weighted by Gasteiger charge is 2.17. The summed E-state index contributed by atoms with van der Waals surface area (Å²) in [5.41, 5.74) is 0.756. The van der Waals surface area contributed by atoms with Crippen LogP contribution in [0.25, 0.3) is 0 Å². The van der Waals surface area contributed by atoms with Crippen LogP contribution in [0.1, 0.15) is 5.56 Å². The molecule has 1 rings (SSSR count). The Hall–Kier alpha value is -1.96. The van der Waals surface area contributed by atoms with E-state index in [1.807, 2.05) is 0 Å². The first-order chi connectivity index (χ1) is 9.43. The summed E-state index contributed by atoms with van der Waals surface area (Å²) in [4.78, 5) is 22.0. The molecule has 0 saturated carbocycles. The summed E-state index contributed by atoms with van der Waals surface area (Å²) >= 11 is 0.601. The second kappa shape index (κ2) is 7.59. The number of hydrogen-bond donors (Lipinski definition) is 0. The van der Waals surface area contributed by atoms with Crippen molar-refractivity contribution in [1.29, 1.82) is 0 Å². The summed E-state index contributed by atoms with van der Waals surface area (Å²) in [6.45, 7) is 0.0498. The van der Waals surface area contributed by atoms with Crippen LogP contribution in [-0.4, -0.2) is 42.1 Å². The molecular weight excluding hydrogens is 287 g/mol. The van der Waals surface area contributed by atoms with Gasteiger partial charge in [-0.1, -0.05) is 12.1 Å². The van der Waals surface area contributed by atoms with E-state index in [0.717, 1.165) is 9.87 Å². The van der Waals surface area contributed by atoms with Gasteiger partial charge in [0, 0.05) is 14.1 Å². The molecule has 0 fully saturated rings. The Morgan fingerprint density at radius 3 is 2.60 bits per heavy atom. The normalized spacial score (nSPS) is 9.80. The molecule has 0 unspecified atom stereocenters. The van der Waals surface area contributed by atoms with Crippen molar-refractivity contribution in [2.45, 2.75) is 6.61 Å². The Balaban J connectivity index is 2.47. The third-order valence-electron chi connectivity index (χ3n) is 2.25. The second-order valence-corrected chi connectivity index (χ2v) is 4.99. The predicted molar refractivity (Wildman–Crippen MR) is 72.8 cm³/mol. The van der Waals surface area contributed by atoms with E-state index in [4.69, 9.17) is 9.47 Å². The lowest BCUT2D eigenvalue weighted by Crippen LogP contribution is -2.27. The Bertz CT molecular complexity index is 486. The summed E-state index contributed by atoms with van der Waals surface area (Å²) in [7, 11) is 4.12. The predicted octanol–water partition coefficient (Wildman–Crippen LogP) is 2.85. The van der Waals surface area contributed by atoms with Crippen LogP contribution in [-0.2, 0) is 11.3 Å². The Kier molecular flexibility index (Phi) is 6.10. The molecule has 0 saturated heterocycles. The van der Waals surface area contributed by atoms with Crippen LogP contribution in [0.3, 0.4) is 0 Å². The first-order valence-corrected chi connectivity index (χ1v) is 6.31. The first-order valence-electron chi connectivity index (χ1n) is 5.58. The molecule has 0 aliphatic heterocycles. The van der Waals surface area contributed by atoms with E-state index in [0.29, 0.717) is 22.2 Å². The van der Waals surface area contributed by atoms with E-state index < -0.39 is 12.3 Å². The summed E-state index contributed by atoms with van der Waals surface area (Å²) < 4.78 is 24.1. The average Bonchev–Trinajstić information content (AvgIpc) is 2.44. The number of carbonyl (C=O) groups excluding carboxylic acids is 2. The largest absolute Gasteiger partial charge is 0.497 e. The van der Waals surface area contributed by atoms with Gasteiger partial charge in [-0.15, -0.1) is 4.39 Å². The number of methoxy groups -OCH3 is 1. The maximum atomic E-state index is 12.3. The smallest absolute Gasteiger partial charge is 0.421 e. The van der Waals surface area contributed by atoms with E-state index in [-0.39, 0.29) is 6.61 Å². The number of amides is 2. The summed E-state index contributed by atoms with van der Waals surface area (Å²) in [5.74, 6) is 0.657. The van der Waals surface area contributed by atoms with Crippen LogP contribution in [0.5, 0.6) is 5.75 Å². The quantitative estimate of drug-likeness (QED) is 0.475. The van der Waals surface area contributed by atoms with Gasteiger partial charge in [-0.3, -0.25) is 0 Å². The monoisotopic (exact) mass is 302 g/mol. The zero-order chi connectivity index (χ0) is 15.1. The third kappa shape index (κ3) is 4.96. The molecule has 2 amide bonds. The molecule has 1 aromatic rings. The highest BCUT2D eigenvalue weighted by Crippen LogP contribution is 2.16. The van der Waals surface area contributed by atoms with Gasteiger partial charge in [-0.25, -0.2) is 18.2 Å². The average molecular weight is 302 g/mol. The van der Waals surface area contributed by atoms with Crippen LogP contribution in [0.4, 0.5) is 14.0 Å². The maximum absolute atomic E-state index is 12.3. The van der Waals surface area contributed by atoms with Crippen LogP contribution >= 0.6 is 12.1 Å².